The minimum Gasteiger partial charge on any atom is -0.329 e. The molecular formula is C21H27N3O4S. The van der Waals surface area contributed by atoms with Gasteiger partial charge in [0.2, 0.25) is 21.8 Å². The Hall–Kier alpha value is -2.19. The Balaban J connectivity index is 1.46. The average molecular weight is 418 g/mol. The van der Waals surface area contributed by atoms with Crippen LogP contribution >= 0.6 is 0 Å². The van der Waals surface area contributed by atoms with Crippen molar-refractivity contribution in [3.8, 4) is 0 Å². The van der Waals surface area contributed by atoms with Gasteiger partial charge in [-0.05, 0) is 17.6 Å². The van der Waals surface area contributed by atoms with Crippen LogP contribution in [0.2, 0.25) is 0 Å². The molecule has 0 aromatic heterocycles. The van der Waals surface area contributed by atoms with Crippen LogP contribution < -0.4 is 0 Å². The molecule has 0 N–H and O–H groups in total. The molecule has 156 valence electrons. The number of benzene rings is 1. The zero-order valence-electron chi connectivity index (χ0n) is 17.0. The summed E-state index contributed by atoms with van der Waals surface area (Å²) in [6.45, 7) is 6.34. The van der Waals surface area contributed by atoms with Gasteiger partial charge in [0, 0.05) is 26.2 Å². The number of amides is 2. The molecule has 0 spiro atoms. The van der Waals surface area contributed by atoms with Crippen molar-refractivity contribution in [2.24, 2.45) is 17.8 Å². The van der Waals surface area contributed by atoms with E-state index >= 15 is 0 Å². The van der Waals surface area contributed by atoms with Crippen LogP contribution in [0, 0.1) is 17.8 Å². The second kappa shape index (κ2) is 7.25. The lowest BCUT2D eigenvalue weighted by Gasteiger charge is -2.41. The molecule has 8 heteroatoms. The summed E-state index contributed by atoms with van der Waals surface area (Å²) < 4.78 is 25.3. The van der Waals surface area contributed by atoms with E-state index in [-0.39, 0.29) is 17.7 Å². The molecule has 1 aromatic rings. The summed E-state index contributed by atoms with van der Waals surface area (Å²) in [5.74, 6) is -1.11. The fourth-order valence-corrected chi connectivity index (χ4v) is 5.74. The maximum atomic E-state index is 13.2. The van der Waals surface area contributed by atoms with Crippen molar-refractivity contribution in [2.75, 3.05) is 25.9 Å². The summed E-state index contributed by atoms with van der Waals surface area (Å²) in [6, 6.07) is 9.66. The van der Waals surface area contributed by atoms with Crippen LogP contribution in [0.15, 0.2) is 42.1 Å². The Morgan fingerprint density at radius 2 is 1.83 bits per heavy atom. The highest BCUT2D eigenvalue weighted by Crippen LogP contribution is 2.42. The minimum atomic E-state index is -3.71. The van der Waals surface area contributed by atoms with Crippen molar-refractivity contribution in [3.05, 3.63) is 47.7 Å². The lowest BCUT2D eigenvalue weighted by atomic mass is 9.88. The maximum absolute atomic E-state index is 13.2. The van der Waals surface area contributed by atoms with Crippen molar-refractivity contribution in [1.29, 1.82) is 0 Å². The Morgan fingerprint density at radius 3 is 2.41 bits per heavy atom. The number of likely N-dealkylation sites (tertiary alicyclic amines) is 1. The van der Waals surface area contributed by atoms with E-state index < -0.39 is 27.9 Å². The molecule has 2 amide bonds. The number of carbonyl (C=O) groups excluding carboxylic acids is 2. The molecule has 0 saturated carbocycles. The van der Waals surface area contributed by atoms with Gasteiger partial charge in [-0.25, -0.2) is 12.7 Å². The van der Waals surface area contributed by atoms with Gasteiger partial charge >= 0.3 is 0 Å². The van der Waals surface area contributed by atoms with Gasteiger partial charge < -0.3 is 4.90 Å². The largest absolute Gasteiger partial charge is 0.329 e. The first-order chi connectivity index (χ1) is 13.7. The fourth-order valence-electron chi connectivity index (χ4n) is 4.73. The Kier molecular flexibility index (Phi) is 5.02. The third-order valence-electron chi connectivity index (χ3n) is 6.08. The summed E-state index contributed by atoms with van der Waals surface area (Å²) >= 11 is 0. The van der Waals surface area contributed by atoms with Crippen LogP contribution in [0.5, 0.6) is 0 Å². The molecule has 4 rings (SSSR count). The first-order valence-corrected chi connectivity index (χ1v) is 11.8. The number of nitrogens with zero attached hydrogens (tertiary/aromatic N) is 3. The van der Waals surface area contributed by atoms with Crippen molar-refractivity contribution in [2.45, 2.75) is 26.4 Å². The number of hydrogen-bond donors (Lipinski definition) is 0. The van der Waals surface area contributed by atoms with Crippen LogP contribution in [0.3, 0.4) is 0 Å². The zero-order valence-corrected chi connectivity index (χ0v) is 17.8. The lowest BCUT2D eigenvalue weighted by molar-refractivity contribution is -0.143. The molecule has 0 radical (unpaired) electrons. The SMILES string of the molecule is CC(C)[C@H]1C(=O)N(S(C)(=O)=O)C2=CCN(C(=O)C3CN(Cc4ccccc4)C3)[C@@H]21. The molecule has 2 saturated heterocycles. The van der Waals surface area contributed by atoms with E-state index in [1.165, 1.54) is 5.56 Å². The zero-order chi connectivity index (χ0) is 20.9. The smallest absolute Gasteiger partial charge is 0.246 e. The molecule has 1 aromatic carbocycles. The second-order valence-corrected chi connectivity index (χ2v) is 10.4. The topological polar surface area (TPSA) is 78.0 Å². The van der Waals surface area contributed by atoms with E-state index in [1.54, 1.807) is 11.0 Å². The van der Waals surface area contributed by atoms with Gasteiger partial charge in [-0.3, -0.25) is 14.5 Å². The van der Waals surface area contributed by atoms with Gasteiger partial charge in [-0.15, -0.1) is 0 Å². The number of hydrogen-bond acceptors (Lipinski definition) is 5. The highest BCUT2D eigenvalue weighted by atomic mass is 32.2. The molecule has 2 fully saturated rings. The fraction of sp³-hybridized carbons (Fsp3) is 0.524. The van der Waals surface area contributed by atoms with Crippen molar-refractivity contribution in [1.82, 2.24) is 14.1 Å². The van der Waals surface area contributed by atoms with E-state index in [0.717, 1.165) is 17.1 Å². The summed E-state index contributed by atoms with van der Waals surface area (Å²) in [5, 5.41) is 0. The first-order valence-electron chi connectivity index (χ1n) is 9.99. The number of fused-ring (bicyclic) bond motifs is 1. The van der Waals surface area contributed by atoms with Crippen LogP contribution in [0.1, 0.15) is 19.4 Å². The standard InChI is InChI=1S/C21H27N3O4S/c1-14(2)18-19-17(24(21(18)26)29(3,27)28)9-10-23(19)20(25)16-12-22(13-16)11-15-7-5-4-6-8-15/h4-9,14,16,18-19H,10-13H2,1-3H3/t18-,19+/m1/s1. The quantitative estimate of drug-likeness (QED) is 0.721. The summed E-state index contributed by atoms with van der Waals surface area (Å²) in [4.78, 5) is 30.0. The third-order valence-corrected chi connectivity index (χ3v) is 7.14. The second-order valence-electron chi connectivity index (χ2n) is 8.58. The highest BCUT2D eigenvalue weighted by molar-refractivity contribution is 7.89. The molecule has 29 heavy (non-hydrogen) atoms. The lowest BCUT2D eigenvalue weighted by Crippen LogP contribution is -2.56. The van der Waals surface area contributed by atoms with Crippen LogP contribution in [-0.4, -0.2) is 66.3 Å². The molecule has 0 bridgehead atoms. The van der Waals surface area contributed by atoms with E-state index in [2.05, 4.69) is 17.0 Å². The monoisotopic (exact) mass is 417 g/mol. The molecule has 7 nitrogen and oxygen atoms in total. The highest BCUT2D eigenvalue weighted by Gasteiger charge is 2.55. The van der Waals surface area contributed by atoms with Gasteiger partial charge in [0.1, 0.15) is 0 Å². The van der Waals surface area contributed by atoms with E-state index in [9.17, 15) is 18.0 Å². The minimum absolute atomic E-state index is 0.0133. The van der Waals surface area contributed by atoms with Gasteiger partial charge in [0.25, 0.3) is 0 Å². The Labute approximate surface area is 172 Å². The van der Waals surface area contributed by atoms with Gasteiger partial charge in [-0.1, -0.05) is 44.2 Å². The number of carbonyl (C=O) groups is 2. The van der Waals surface area contributed by atoms with E-state index in [0.29, 0.717) is 25.3 Å². The van der Waals surface area contributed by atoms with Gasteiger partial charge in [0.15, 0.2) is 0 Å². The molecule has 3 heterocycles. The number of rotatable bonds is 5. The number of sulfonamides is 1. The van der Waals surface area contributed by atoms with Gasteiger partial charge in [-0.2, -0.15) is 0 Å². The van der Waals surface area contributed by atoms with Crippen molar-refractivity contribution >= 4 is 21.8 Å². The first kappa shape index (κ1) is 20.1. The van der Waals surface area contributed by atoms with Crippen LogP contribution in [0.25, 0.3) is 0 Å². The van der Waals surface area contributed by atoms with Gasteiger partial charge in [0.05, 0.1) is 29.8 Å². The molecule has 3 aliphatic rings. The normalized spacial score (nSPS) is 25.4. The molecule has 0 unspecified atom stereocenters. The molecule has 3 aliphatic heterocycles. The predicted octanol–water partition coefficient (Wildman–Crippen LogP) is 1.29. The molecule has 2 atom stereocenters. The average Bonchev–Trinajstić information content (AvgIpc) is 3.13. The summed E-state index contributed by atoms with van der Waals surface area (Å²) in [6.07, 6.45) is 2.77. The Bertz CT molecular complexity index is 951. The van der Waals surface area contributed by atoms with E-state index in [1.807, 2.05) is 32.0 Å². The summed E-state index contributed by atoms with van der Waals surface area (Å²) in [5.41, 5.74) is 1.67. The van der Waals surface area contributed by atoms with Crippen LogP contribution in [0.4, 0.5) is 0 Å². The molecule has 0 aliphatic carbocycles. The third kappa shape index (κ3) is 3.48. The Morgan fingerprint density at radius 1 is 1.17 bits per heavy atom. The molecular weight excluding hydrogens is 390 g/mol. The maximum Gasteiger partial charge on any atom is 0.246 e. The predicted molar refractivity (Wildman–Crippen MR) is 109 cm³/mol. The summed E-state index contributed by atoms with van der Waals surface area (Å²) in [7, 11) is -3.71. The van der Waals surface area contributed by atoms with Crippen molar-refractivity contribution < 1.29 is 18.0 Å². The van der Waals surface area contributed by atoms with Crippen molar-refractivity contribution in [3.63, 3.8) is 0 Å². The van der Waals surface area contributed by atoms with E-state index in [4.69, 9.17) is 0 Å². The van der Waals surface area contributed by atoms with Crippen LogP contribution in [-0.2, 0) is 26.2 Å².